The van der Waals surface area contributed by atoms with Crippen LogP contribution in [0.1, 0.15) is 38.2 Å². The van der Waals surface area contributed by atoms with E-state index >= 15 is 0 Å². The summed E-state index contributed by atoms with van der Waals surface area (Å²) in [6.07, 6.45) is 2.34. The summed E-state index contributed by atoms with van der Waals surface area (Å²) in [5.41, 5.74) is 3.66. The van der Waals surface area contributed by atoms with Crippen molar-refractivity contribution in [3.63, 3.8) is 0 Å². The van der Waals surface area contributed by atoms with Gasteiger partial charge in [-0.2, -0.15) is 5.21 Å². The minimum Gasteiger partial charge on any atom is -0.481 e. The van der Waals surface area contributed by atoms with E-state index in [1.807, 2.05) is 42.5 Å². The van der Waals surface area contributed by atoms with Crippen molar-refractivity contribution in [2.45, 2.75) is 39.2 Å². The fourth-order valence-corrected chi connectivity index (χ4v) is 5.71. The fraction of sp³-hybridized carbons (Fsp3) is 0.346. The number of carbonyl (C=O) groups excluding carboxylic acids is 1. The molecule has 37 heavy (non-hydrogen) atoms. The van der Waals surface area contributed by atoms with Gasteiger partial charge in [0.15, 0.2) is 0 Å². The van der Waals surface area contributed by atoms with E-state index in [4.69, 9.17) is 4.74 Å². The Bertz CT molecular complexity index is 1410. The number of benzene rings is 2. The highest BCUT2D eigenvalue weighted by Gasteiger charge is 2.43. The Kier molecular flexibility index (Phi) is 6.96. The van der Waals surface area contributed by atoms with Crippen LogP contribution in [0.15, 0.2) is 46.9 Å². The normalized spacial score (nSPS) is 14.6. The molecule has 1 fully saturated rings. The minimum absolute atomic E-state index is 0.130. The van der Waals surface area contributed by atoms with Crippen molar-refractivity contribution >= 4 is 38.9 Å². The highest BCUT2D eigenvalue weighted by Crippen LogP contribution is 2.40. The Morgan fingerprint density at radius 3 is 2.51 bits per heavy atom. The maximum absolute atomic E-state index is 12.8. The summed E-state index contributed by atoms with van der Waals surface area (Å²) in [7, 11) is 0. The Morgan fingerprint density at radius 2 is 1.86 bits per heavy atom. The quantitative estimate of drug-likeness (QED) is 0.260. The van der Waals surface area contributed by atoms with Gasteiger partial charge < -0.3 is 19.7 Å². The number of aromatic amines is 2. The molecule has 4 aromatic rings. The zero-order chi connectivity index (χ0) is 26.0. The second-order valence-corrected chi connectivity index (χ2v) is 10.1. The molecule has 2 aromatic carbocycles. The van der Waals surface area contributed by atoms with Crippen molar-refractivity contribution in [3.05, 3.63) is 52.5 Å². The number of aromatic nitrogens is 5. The number of fused-ring (bicyclic) bond motifs is 1. The molecule has 11 heteroatoms. The Morgan fingerprint density at radius 1 is 1.14 bits per heavy atom. The van der Waals surface area contributed by atoms with Crippen LogP contribution in [0.3, 0.4) is 0 Å². The molecule has 2 aromatic heterocycles. The summed E-state index contributed by atoms with van der Waals surface area (Å²) < 4.78 is 6.18. The zero-order valence-electron chi connectivity index (χ0n) is 20.3. The Balaban J connectivity index is 1.42. The summed E-state index contributed by atoms with van der Waals surface area (Å²) in [6.45, 7) is 2.37. The number of tetrazole rings is 1. The van der Waals surface area contributed by atoms with Gasteiger partial charge in [0.1, 0.15) is 0 Å². The van der Waals surface area contributed by atoms with Crippen LogP contribution in [0.5, 0.6) is 0 Å². The van der Waals surface area contributed by atoms with Gasteiger partial charge in [-0.3, -0.25) is 4.79 Å². The van der Waals surface area contributed by atoms with Crippen molar-refractivity contribution in [1.82, 2.24) is 30.5 Å². The summed E-state index contributed by atoms with van der Waals surface area (Å²) in [4.78, 5) is 29.9. The molecule has 3 N–H and O–H groups in total. The van der Waals surface area contributed by atoms with Gasteiger partial charge in [0.05, 0.1) is 22.2 Å². The lowest BCUT2D eigenvalue weighted by molar-refractivity contribution is -0.149. The smallest absolute Gasteiger partial charge is 0.410 e. The van der Waals surface area contributed by atoms with Gasteiger partial charge in [-0.25, -0.2) is 4.79 Å². The summed E-state index contributed by atoms with van der Waals surface area (Å²) in [5.74, 6) is -0.321. The minimum atomic E-state index is -0.924. The van der Waals surface area contributed by atoms with E-state index in [1.165, 1.54) is 4.90 Å². The lowest BCUT2D eigenvalue weighted by atomic mass is 9.85. The van der Waals surface area contributed by atoms with Gasteiger partial charge in [-0.15, -0.1) is 10.2 Å². The van der Waals surface area contributed by atoms with Crippen molar-refractivity contribution in [1.29, 1.82) is 0 Å². The van der Waals surface area contributed by atoms with Crippen LogP contribution < -0.4 is 0 Å². The van der Waals surface area contributed by atoms with E-state index in [-0.39, 0.29) is 19.7 Å². The molecule has 5 rings (SSSR count). The Hall–Kier alpha value is -3.73. The molecule has 0 unspecified atom stereocenters. The van der Waals surface area contributed by atoms with E-state index in [9.17, 15) is 14.7 Å². The monoisotopic (exact) mass is 566 g/mol. The number of H-pyrrole nitrogens is 2. The van der Waals surface area contributed by atoms with Crippen LogP contribution in [0.2, 0.25) is 0 Å². The number of aliphatic carboxylic acids is 1. The number of carboxylic acid groups (broad SMARTS) is 1. The van der Waals surface area contributed by atoms with Crippen LogP contribution in [-0.2, 0) is 16.1 Å². The second-order valence-electron chi connectivity index (χ2n) is 9.35. The average Bonchev–Trinajstić information content (AvgIpc) is 3.66. The van der Waals surface area contributed by atoms with Gasteiger partial charge in [0.25, 0.3) is 0 Å². The second kappa shape index (κ2) is 10.3. The van der Waals surface area contributed by atoms with Gasteiger partial charge in [0.2, 0.25) is 5.82 Å². The number of carboxylic acids is 1. The van der Waals surface area contributed by atoms with Crippen LogP contribution in [-0.4, -0.2) is 60.8 Å². The number of nitrogens with one attached hydrogen (secondary N) is 2. The first kappa shape index (κ1) is 24.9. The molecule has 2 heterocycles. The average molecular weight is 567 g/mol. The first-order chi connectivity index (χ1) is 17.9. The lowest BCUT2D eigenvalue weighted by Gasteiger charge is -2.31. The molecule has 0 spiro atoms. The van der Waals surface area contributed by atoms with E-state index in [2.05, 4.69) is 41.5 Å². The van der Waals surface area contributed by atoms with Crippen LogP contribution >= 0.6 is 15.9 Å². The third-order valence-electron chi connectivity index (χ3n) is 6.98. The summed E-state index contributed by atoms with van der Waals surface area (Å²) in [6, 6.07) is 13.8. The predicted octanol–water partition coefficient (Wildman–Crippen LogP) is 5.38. The van der Waals surface area contributed by atoms with Gasteiger partial charge in [0, 0.05) is 29.6 Å². The fourth-order valence-electron chi connectivity index (χ4n) is 5.05. The number of ether oxygens (including phenoxy) is 1. The maximum Gasteiger partial charge on any atom is 0.410 e. The zero-order valence-corrected chi connectivity index (χ0v) is 21.9. The van der Waals surface area contributed by atoms with Crippen LogP contribution in [0, 0.1) is 5.41 Å². The number of halogens is 1. The molecule has 0 aliphatic heterocycles. The molecule has 1 aliphatic rings. The highest BCUT2D eigenvalue weighted by molar-refractivity contribution is 9.10. The van der Waals surface area contributed by atoms with Crippen molar-refractivity contribution in [2.75, 3.05) is 13.2 Å². The summed E-state index contributed by atoms with van der Waals surface area (Å²) >= 11 is 3.74. The van der Waals surface area contributed by atoms with E-state index in [0.717, 1.165) is 50.6 Å². The topological polar surface area (TPSA) is 137 Å². The molecule has 0 saturated heterocycles. The number of amides is 1. The van der Waals surface area contributed by atoms with Crippen LogP contribution in [0.4, 0.5) is 4.79 Å². The van der Waals surface area contributed by atoms with Gasteiger partial charge >= 0.3 is 12.1 Å². The summed E-state index contributed by atoms with van der Waals surface area (Å²) in [5, 5.41) is 25.0. The van der Waals surface area contributed by atoms with E-state index < -0.39 is 17.5 Å². The largest absolute Gasteiger partial charge is 0.481 e. The highest BCUT2D eigenvalue weighted by atomic mass is 79.9. The first-order valence-electron chi connectivity index (χ1n) is 12.2. The third kappa shape index (κ3) is 4.95. The number of carbonyl (C=O) groups is 2. The number of rotatable bonds is 8. The van der Waals surface area contributed by atoms with E-state index in [0.29, 0.717) is 18.7 Å². The molecular formula is C26H27BrN6O4. The third-order valence-corrected chi connectivity index (χ3v) is 7.81. The van der Waals surface area contributed by atoms with E-state index in [1.54, 1.807) is 6.92 Å². The van der Waals surface area contributed by atoms with Crippen molar-refractivity contribution in [3.8, 4) is 22.6 Å². The lowest BCUT2D eigenvalue weighted by Crippen LogP contribution is -2.44. The molecule has 10 nitrogen and oxygen atoms in total. The molecule has 1 amide bonds. The predicted molar refractivity (Wildman–Crippen MR) is 141 cm³/mol. The molecule has 0 radical (unpaired) electrons. The maximum atomic E-state index is 12.8. The molecule has 192 valence electrons. The standard InChI is InChI=1S/C26H27BrN6O4/c1-2-37-25(36)33(15-26(24(34)35)11-3-4-12-26)14-16-5-10-20-19(13-16)21(27)22(28-20)17-6-8-18(9-7-17)23-29-31-32-30-23/h5-10,13,28H,2-4,11-12,14-15H2,1H3,(H,34,35)(H,29,30,31,32). The molecular weight excluding hydrogens is 540 g/mol. The first-order valence-corrected chi connectivity index (χ1v) is 13.0. The molecule has 0 bridgehead atoms. The molecule has 0 atom stereocenters. The van der Waals surface area contributed by atoms with Gasteiger partial charge in [-0.05, 0) is 64.2 Å². The SMILES string of the molecule is CCOC(=O)N(Cc1ccc2[nH]c(-c3ccc(-c4nn[nH]n4)cc3)c(Br)c2c1)CC1(C(=O)O)CCCC1. The molecule has 1 aliphatic carbocycles. The van der Waals surface area contributed by atoms with Crippen molar-refractivity contribution < 1.29 is 19.4 Å². The van der Waals surface area contributed by atoms with Crippen LogP contribution in [0.25, 0.3) is 33.5 Å². The van der Waals surface area contributed by atoms with Crippen molar-refractivity contribution in [2.24, 2.45) is 5.41 Å². The number of hydrogen-bond acceptors (Lipinski definition) is 6. The number of nitrogens with zero attached hydrogens (tertiary/aromatic N) is 4. The number of hydrogen-bond donors (Lipinski definition) is 3. The van der Waals surface area contributed by atoms with Gasteiger partial charge in [-0.1, -0.05) is 43.2 Å². The Labute approximate surface area is 221 Å². The molecule has 1 saturated carbocycles.